The van der Waals surface area contributed by atoms with Crippen LogP contribution in [0.15, 0.2) is 66.9 Å². The van der Waals surface area contributed by atoms with E-state index < -0.39 is 46.2 Å². The number of carbonyl (C=O) groups is 1. The maximum absolute atomic E-state index is 15.3. The Labute approximate surface area is 248 Å². The Bertz CT molecular complexity index is 1700. The highest BCUT2D eigenvalue weighted by atomic mass is 35.5. The van der Waals surface area contributed by atoms with Crippen molar-refractivity contribution in [1.29, 1.82) is 5.26 Å². The molecule has 224 valence electrons. The van der Waals surface area contributed by atoms with Crippen LogP contribution in [0.5, 0.6) is 0 Å². The third-order valence-corrected chi connectivity index (χ3v) is 7.21. The van der Waals surface area contributed by atoms with Gasteiger partial charge in [-0.25, -0.2) is 13.5 Å². The highest BCUT2D eigenvalue weighted by molar-refractivity contribution is 6.37. The number of Topliss-reactive ketones (excluding diaryl/α,β-unsaturated/α-hetero) is 1. The van der Waals surface area contributed by atoms with E-state index >= 15 is 4.39 Å². The van der Waals surface area contributed by atoms with Crippen LogP contribution in [0.4, 0.5) is 35.1 Å². The molecule has 0 saturated heterocycles. The summed E-state index contributed by atoms with van der Waals surface area (Å²) in [6.07, 6.45) is -11.4. The van der Waals surface area contributed by atoms with E-state index in [-0.39, 0.29) is 35.7 Å². The molecule has 2 atom stereocenters. The molecule has 0 amide bonds. The number of carbonyl (C=O) groups excluding carboxylic acids is 1. The summed E-state index contributed by atoms with van der Waals surface area (Å²) in [5.74, 6) is -0.235. The first-order valence-electron chi connectivity index (χ1n) is 12.0. The average Bonchev–Trinajstić information content (AvgIpc) is 3.40. The van der Waals surface area contributed by atoms with E-state index in [9.17, 15) is 35.5 Å². The molecule has 0 fully saturated rings. The van der Waals surface area contributed by atoms with Gasteiger partial charge < -0.3 is 0 Å². The normalized spacial score (nSPS) is 14.9. The molecule has 0 aliphatic heterocycles. The van der Waals surface area contributed by atoms with Crippen molar-refractivity contribution >= 4 is 29.0 Å². The fraction of sp³-hybridized carbons (Fsp3) is 0.214. The largest absolute Gasteiger partial charge is 0.430 e. The number of nitrogens with zero attached hydrogens (tertiary/aromatic N) is 4. The van der Waals surface area contributed by atoms with E-state index in [1.807, 2.05) is 6.07 Å². The predicted octanol–water partition coefficient (Wildman–Crippen LogP) is 8.56. The van der Waals surface area contributed by atoms with Crippen LogP contribution in [0.25, 0.3) is 16.9 Å². The second-order valence-electron chi connectivity index (χ2n) is 9.48. The van der Waals surface area contributed by atoms with Crippen molar-refractivity contribution in [1.82, 2.24) is 15.0 Å². The second kappa shape index (κ2) is 11.2. The number of nitriles is 1. The first-order chi connectivity index (χ1) is 19.9. The molecule has 1 aromatic heterocycles. The van der Waals surface area contributed by atoms with Crippen LogP contribution in [0.3, 0.4) is 0 Å². The molecule has 0 N–H and O–H groups in total. The van der Waals surface area contributed by atoms with E-state index in [0.717, 1.165) is 4.68 Å². The number of halogens is 10. The van der Waals surface area contributed by atoms with Crippen molar-refractivity contribution in [2.45, 2.75) is 37.0 Å². The quantitative estimate of drug-likeness (QED) is 0.149. The number of ketones is 1. The van der Waals surface area contributed by atoms with Crippen molar-refractivity contribution in [3.05, 3.63) is 99.2 Å². The topological polar surface area (TPSA) is 71.6 Å². The first-order valence-corrected chi connectivity index (χ1v) is 12.7. The van der Waals surface area contributed by atoms with Crippen LogP contribution < -0.4 is 0 Å². The van der Waals surface area contributed by atoms with Crippen LogP contribution in [-0.2, 0) is 12.1 Å². The maximum Gasteiger partial charge on any atom is 0.430 e. The SMILES string of the molecule is CC(F)(C(F)(F)F)C(F)(c1cc(Cl)c(-n2cc(-c3cccc(CC(=O)c4ccc(C#N)cc4)c3)nn2)c(Cl)c1)C(F)(F)F. The van der Waals surface area contributed by atoms with Gasteiger partial charge in [0, 0.05) is 23.1 Å². The molecule has 4 rings (SSSR count). The molecule has 0 spiro atoms. The number of rotatable bonds is 7. The van der Waals surface area contributed by atoms with Gasteiger partial charge in [-0.3, -0.25) is 4.79 Å². The lowest BCUT2D eigenvalue weighted by molar-refractivity contribution is -0.343. The summed E-state index contributed by atoms with van der Waals surface area (Å²) in [5.41, 5.74) is -11.2. The summed E-state index contributed by atoms with van der Waals surface area (Å²) in [6.45, 7) is -0.564. The van der Waals surface area contributed by atoms with E-state index in [1.165, 1.54) is 30.5 Å². The second-order valence-corrected chi connectivity index (χ2v) is 10.3. The van der Waals surface area contributed by atoms with Crippen molar-refractivity contribution < 1.29 is 39.9 Å². The first kappa shape index (κ1) is 31.9. The summed E-state index contributed by atoms with van der Waals surface area (Å²) < 4.78 is 111. The molecule has 0 bridgehead atoms. The minimum absolute atomic E-state index is 0.0113. The van der Waals surface area contributed by atoms with Gasteiger partial charge >= 0.3 is 12.4 Å². The molecule has 0 saturated carbocycles. The average molecular weight is 647 g/mol. The Morgan fingerprint density at radius 2 is 1.51 bits per heavy atom. The van der Waals surface area contributed by atoms with Crippen LogP contribution >= 0.6 is 23.2 Å². The third kappa shape index (κ3) is 5.81. The zero-order valence-corrected chi connectivity index (χ0v) is 23.0. The lowest BCUT2D eigenvalue weighted by Gasteiger charge is -2.39. The van der Waals surface area contributed by atoms with Crippen LogP contribution in [0, 0.1) is 11.3 Å². The summed E-state index contributed by atoms with van der Waals surface area (Å²) in [6, 6.07) is 14.9. The van der Waals surface area contributed by atoms with Gasteiger partial charge in [-0.15, -0.1) is 5.10 Å². The van der Waals surface area contributed by atoms with Crippen LogP contribution in [0.1, 0.15) is 34.0 Å². The number of alkyl halides is 8. The number of hydrogen-bond donors (Lipinski definition) is 0. The Hall–Kier alpha value is -4.02. The third-order valence-electron chi connectivity index (χ3n) is 6.63. The zero-order chi connectivity index (χ0) is 32.0. The molecular weight excluding hydrogens is 631 g/mol. The molecule has 3 aromatic carbocycles. The minimum atomic E-state index is -6.35. The molecule has 0 aliphatic rings. The molecular formula is C28H16Cl2F8N4O. The maximum atomic E-state index is 15.3. The smallest absolute Gasteiger partial charge is 0.294 e. The molecule has 2 unspecified atom stereocenters. The highest BCUT2D eigenvalue weighted by Crippen LogP contribution is 2.58. The molecule has 0 aliphatic carbocycles. The van der Waals surface area contributed by atoms with Crippen LogP contribution in [0.2, 0.25) is 10.0 Å². The van der Waals surface area contributed by atoms with Gasteiger partial charge in [0.05, 0.1) is 27.9 Å². The van der Waals surface area contributed by atoms with E-state index in [0.29, 0.717) is 22.3 Å². The van der Waals surface area contributed by atoms with Gasteiger partial charge in [-0.1, -0.05) is 58.7 Å². The molecule has 5 nitrogen and oxygen atoms in total. The van der Waals surface area contributed by atoms with E-state index in [1.54, 1.807) is 24.3 Å². The highest BCUT2D eigenvalue weighted by Gasteiger charge is 2.77. The molecule has 4 aromatic rings. The summed E-state index contributed by atoms with van der Waals surface area (Å²) in [7, 11) is 0. The number of hydrogen-bond acceptors (Lipinski definition) is 4. The molecule has 1 heterocycles. The Morgan fingerprint density at radius 1 is 0.907 bits per heavy atom. The van der Waals surface area contributed by atoms with Gasteiger partial charge in [0.1, 0.15) is 11.4 Å². The molecule has 15 heteroatoms. The predicted molar refractivity (Wildman–Crippen MR) is 140 cm³/mol. The van der Waals surface area contributed by atoms with Crippen molar-refractivity contribution in [2.24, 2.45) is 0 Å². The van der Waals surface area contributed by atoms with E-state index in [2.05, 4.69) is 10.3 Å². The van der Waals surface area contributed by atoms with Gasteiger partial charge in [0.2, 0.25) is 5.67 Å². The van der Waals surface area contributed by atoms with Crippen molar-refractivity contribution in [3.8, 4) is 23.0 Å². The zero-order valence-electron chi connectivity index (χ0n) is 21.5. The van der Waals surface area contributed by atoms with Gasteiger partial charge in [-0.2, -0.15) is 31.6 Å². The van der Waals surface area contributed by atoms with Gasteiger partial charge in [-0.05, 0) is 42.8 Å². The standard InChI is InChI=1S/C28H16Cl2F8N4O/c1-25(31,27(33,34)35)26(32,28(36,37)38)19-11-20(29)24(21(30)12-19)42-14-22(40-41-42)18-4-2-3-16(9-18)10-23(43)17-7-5-15(13-39)6-8-17/h2-9,11-12,14H,10H2,1H3. The lowest BCUT2D eigenvalue weighted by Crippen LogP contribution is -2.60. The Kier molecular flexibility index (Phi) is 8.34. The molecule has 43 heavy (non-hydrogen) atoms. The minimum Gasteiger partial charge on any atom is -0.294 e. The summed E-state index contributed by atoms with van der Waals surface area (Å²) >= 11 is 12.1. The van der Waals surface area contributed by atoms with Gasteiger partial charge in [0.25, 0.3) is 5.67 Å². The van der Waals surface area contributed by atoms with Crippen LogP contribution in [-0.4, -0.2) is 38.8 Å². The fourth-order valence-electron chi connectivity index (χ4n) is 4.24. The van der Waals surface area contributed by atoms with Crippen molar-refractivity contribution in [3.63, 3.8) is 0 Å². The van der Waals surface area contributed by atoms with Crippen molar-refractivity contribution in [2.75, 3.05) is 0 Å². The monoisotopic (exact) mass is 646 g/mol. The number of benzene rings is 3. The van der Waals surface area contributed by atoms with Gasteiger partial charge in [0.15, 0.2) is 5.78 Å². The Morgan fingerprint density at radius 3 is 2.05 bits per heavy atom. The van der Waals surface area contributed by atoms with E-state index in [4.69, 9.17) is 28.5 Å². The molecule has 0 radical (unpaired) electrons. The Balaban J connectivity index is 1.66. The summed E-state index contributed by atoms with van der Waals surface area (Å²) in [5, 5.41) is 15.1. The number of aromatic nitrogens is 3. The fourth-order valence-corrected chi connectivity index (χ4v) is 4.90. The summed E-state index contributed by atoms with van der Waals surface area (Å²) in [4.78, 5) is 12.7. The lowest BCUT2D eigenvalue weighted by atomic mass is 9.80.